The van der Waals surface area contributed by atoms with Crippen LogP contribution < -0.4 is 10.2 Å². The first kappa shape index (κ1) is 28.5. The summed E-state index contributed by atoms with van der Waals surface area (Å²) in [5.74, 6) is -4.28. The zero-order valence-corrected chi connectivity index (χ0v) is 19.8. The van der Waals surface area contributed by atoms with Crippen molar-refractivity contribution in [2.45, 2.75) is 25.3 Å². The number of hydrogen-bond donors (Lipinski definition) is 2. The van der Waals surface area contributed by atoms with Crippen molar-refractivity contribution in [2.24, 2.45) is 0 Å². The Balaban J connectivity index is 1.56. The van der Waals surface area contributed by atoms with E-state index in [1.54, 1.807) is 6.07 Å². The van der Waals surface area contributed by atoms with Crippen LogP contribution in [0.15, 0.2) is 77.3 Å². The fourth-order valence-corrected chi connectivity index (χ4v) is 3.45. The number of aromatic nitrogens is 2. The summed E-state index contributed by atoms with van der Waals surface area (Å²) >= 11 is 0. The van der Waals surface area contributed by atoms with Gasteiger partial charge in [0.15, 0.2) is 0 Å². The molecule has 0 fully saturated rings. The maximum absolute atomic E-state index is 14.9. The van der Waals surface area contributed by atoms with Gasteiger partial charge in [0.25, 0.3) is 0 Å². The lowest BCUT2D eigenvalue weighted by Gasteiger charge is -2.20. The third-order valence-corrected chi connectivity index (χ3v) is 5.25. The number of pyridine rings is 1. The monoisotopic (exact) mass is 572 g/mol. The lowest BCUT2D eigenvalue weighted by molar-refractivity contribution is -0.274. The van der Waals surface area contributed by atoms with Crippen LogP contribution in [0.25, 0.3) is 22.6 Å². The Labute approximate surface area is 219 Å². The van der Waals surface area contributed by atoms with Crippen molar-refractivity contribution >= 4 is 5.84 Å². The van der Waals surface area contributed by atoms with Gasteiger partial charge >= 0.3 is 18.6 Å². The van der Waals surface area contributed by atoms with Gasteiger partial charge in [0, 0.05) is 11.8 Å². The highest BCUT2D eigenvalue weighted by atomic mass is 19.4. The molecule has 0 amide bonds. The highest BCUT2D eigenvalue weighted by Crippen LogP contribution is 2.36. The molecule has 4 aromatic rings. The van der Waals surface area contributed by atoms with Gasteiger partial charge in [-0.2, -0.15) is 22.0 Å². The van der Waals surface area contributed by atoms with Gasteiger partial charge in [-0.3, -0.25) is 15.4 Å². The standard InChI is InChI=1S/C25H16F8N4O3/c26-23(27,28)20-18(36-21(39-20)15-4-2-1-3-5-15)13-38-24(29,30)22(35)37-12-16(8-11-19(37)34)14-6-9-17(10-7-14)40-25(31,32)33/h1-12,34-35H,13H2. The Kier molecular flexibility index (Phi) is 7.52. The Morgan fingerprint density at radius 1 is 0.825 bits per heavy atom. The molecule has 0 aliphatic heterocycles. The molecule has 2 N–H and O–H groups in total. The molecule has 0 spiro atoms. The minimum Gasteiger partial charge on any atom is -0.431 e. The molecular weight excluding hydrogens is 556 g/mol. The SMILES string of the molecule is N=C(n1cc(-c2ccc(OC(F)(F)F)cc2)ccc1=N)C(F)(F)OCc1nc(-c2ccccc2)oc1C(F)(F)F. The Bertz CT molecular complexity index is 1560. The van der Waals surface area contributed by atoms with Gasteiger partial charge in [-0.05, 0) is 47.5 Å². The van der Waals surface area contributed by atoms with Crippen LogP contribution in [0.1, 0.15) is 11.5 Å². The van der Waals surface area contributed by atoms with Crippen molar-refractivity contribution in [3.8, 4) is 28.3 Å². The van der Waals surface area contributed by atoms with E-state index in [2.05, 4.69) is 14.5 Å². The predicted octanol–water partition coefficient (Wildman–Crippen LogP) is 6.84. The highest BCUT2D eigenvalue weighted by Gasteiger charge is 2.43. The molecule has 0 bridgehead atoms. The Hall–Kier alpha value is -4.53. The largest absolute Gasteiger partial charge is 0.573 e. The van der Waals surface area contributed by atoms with E-state index in [0.717, 1.165) is 24.4 Å². The fourth-order valence-electron chi connectivity index (χ4n) is 3.45. The molecule has 0 atom stereocenters. The van der Waals surface area contributed by atoms with Crippen molar-refractivity contribution < 1.29 is 49.0 Å². The van der Waals surface area contributed by atoms with Crippen LogP contribution in [0, 0.1) is 10.8 Å². The Morgan fingerprint density at radius 3 is 2.05 bits per heavy atom. The van der Waals surface area contributed by atoms with E-state index in [1.807, 2.05) is 0 Å². The lowest BCUT2D eigenvalue weighted by Crippen LogP contribution is -2.41. The number of nitrogens with one attached hydrogen (secondary N) is 2. The summed E-state index contributed by atoms with van der Waals surface area (Å²) in [5, 5.41) is 15.8. The molecule has 0 saturated heterocycles. The van der Waals surface area contributed by atoms with Crippen molar-refractivity contribution in [3.05, 3.63) is 89.9 Å². The average Bonchev–Trinajstić information content (AvgIpc) is 3.33. The Morgan fingerprint density at radius 2 is 1.45 bits per heavy atom. The summed E-state index contributed by atoms with van der Waals surface area (Å²) in [4.78, 5) is 3.64. The molecule has 2 aromatic heterocycles. The van der Waals surface area contributed by atoms with Crippen LogP contribution >= 0.6 is 0 Å². The first-order chi connectivity index (χ1) is 18.6. The third-order valence-electron chi connectivity index (χ3n) is 5.25. The summed E-state index contributed by atoms with van der Waals surface area (Å²) in [6.07, 6.45) is -13.6. The van der Waals surface area contributed by atoms with Crippen molar-refractivity contribution in [2.75, 3.05) is 0 Å². The van der Waals surface area contributed by atoms with E-state index in [4.69, 9.17) is 15.2 Å². The first-order valence-corrected chi connectivity index (χ1v) is 11.0. The second-order valence-electron chi connectivity index (χ2n) is 8.06. The van der Waals surface area contributed by atoms with Gasteiger partial charge in [-0.1, -0.05) is 30.3 Å². The maximum atomic E-state index is 14.9. The van der Waals surface area contributed by atoms with Crippen LogP contribution in [0.5, 0.6) is 5.75 Å². The molecule has 0 aliphatic rings. The number of alkyl halides is 8. The molecule has 40 heavy (non-hydrogen) atoms. The number of halogens is 8. The molecular formula is C25H16F8N4O3. The number of oxazole rings is 1. The van der Waals surface area contributed by atoms with Crippen molar-refractivity contribution in [3.63, 3.8) is 0 Å². The third kappa shape index (κ3) is 6.54. The molecule has 0 saturated carbocycles. The lowest BCUT2D eigenvalue weighted by atomic mass is 10.1. The van der Waals surface area contributed by atoms with Crippen LogP contribution in [-0.2, 0) is 17.5 Å². The second kappa shape index (κ2) is 10.6. The zero-order chi connectivity index (χ0) is 29.3. The summed E-state index contributed by atoms with van der Waals surface area (Å²) < 4.78 is 121. The van der Waals surface area contributed by atoms with Gasteiger partial charge in [-0.25, -0.2) is 4.98 Å². The second-order valence-corrected chi connectivity index (χ2v) is 8.06. The minimum absolute atomic E-state index is 0.124. The number of ether oxygens (including phenoxy) is 2. The number of nitrogens with zero attached hydrogens (tertiary/aromatic N) is 2. The fraction of sp³-hybridized carbons (Fsp3) is 0.160. The van der Waals surface area contributed by atoms with Gasteiger partial charge in [-0.15, -0.1) is 13.2 Å². The van der Waals surface area contributed by atoms with E-state index in [9.17, 15) is 35.1 Å². The molecule has 210 valence electrons. The summed E-state index contributed by atoms with van der Waals surface area (Å²) in [6, 6.07) is 14.1. The molecule has 15 heteroatoms. The molecule has 0 radical (unpaired) electrons. The number of hydrogen-bond acceptors (Lipinski definition) is 6. The summed E-state index contributed by atoms with van der Waals surface area (Å²) in [5.41, 5.74) is -1.09. The highest BCUT2D eigenvalue weighted by molar-refractivity contribution is 5.87. The van der Waals surface area contributed by atoms with E-state index >= 15 is 0 Å². The average molecular weight is 572 g/mol. The number of benzene rings is 2. The summed E-state index contributed by atoms with van der Waals surface area (Å²) in [6.45, 7) is -1.39. The normalized spacial score (nSPS) is 12.4. The zero-order valence-electron chi connectivity index (χ0n) is 19.8. The minimum atomic E-state index is -5.08. The predicted molar refractivity (Wildman–Crippen MR) is 122 cm³/mol. The number of rotatable bonds is 7. The van der Waals surface area contributed by atoms with E-state index < -0.39 is 59.7 Å². The van der Waals surface area contributed by atoms with Crippen LogP contribution in [-0.4, -0.2) is 27.9 Å². The van der Waals surface area contributed by atoms with Crippen LogP contribution in [0.4, 0.5) is 35.1 Å². The molecule has 7 nitrogen and oxygen atoms in total. The molecule has 4 rings (SSSR count). The van der Waals surface area contributed by atoms with Gasteiger partial charge in [0.05, 0.1) is 6.61 Å². The van der Waals surface area contributed by atoms with Gasteiger partial charge < -0.3 is 13.9 Å². The smallest absolute Gasteiger partial charge is 0.431 e. The van der Waals surface area contributed by atoms with Crippen LogP contribution in [0.3, 0.4) is 0 Å². The van der Waals surface area contributed by atoms with E-state index in [1.165, 1.54) is 42.5 Å². The van der Waals surface area contributed by atoms with Crippen LogP contribution in [0.2, 0.25) is 0 Å². The molecule has 2 aromatic carbocycles. The van der Waals surface area contributed by atoms with Crippen molar-refractivity contribution in [1.82, 2.24) is 9.55 Å². The van der Waals surface area contributed by atoms with Gasteiger partial charge in [0.2, 0.25) is 17.5 Å². The maximum Gasteiger partial charge on any atom is 0.573 e. The quantitative estimate of drug-likeness (QED) is 0.144. The first-order valence-electron chi connectivity index (χ1n) is 11.0. The molecule has 0 aliphatic carbocycles. The van der Waals surface area contributed by atoms with E-state index in [-0.39, 0.29) is 16.7 Å². The molecule has 2 heterocycles. The van der Waals surface area contributed by atoms with E-state index in [0.29, 0.717) is 4.57 Å². The molecule has 0 unspecified atom stereocenters. The topological polar surface area (TPSA) is 97.1 Å². The van der Waals surface area contributed by atoms with Crippen molar-refractivity contribution in [1.29, 1.82) is 10.8 Å². The summed E-state index contributed by atoms with van der Waals surface area (Å²) in [7, 11) is 0. The van der Waals surface area contributed by atoms with Gasteiger partial charge in [0.1, 0.15) is 16.9 Å².